The summed E-state index contributed by atoms with van der Waals surface area (Å²) in [5.74, 6) is 0.979. The van der Waals surface area contributed by atoms with Crippen molar-refractivity contribution in [2.45, 2.75) is 33.2 Å². The molecule has 88 valence electrons. The molecule has 0 saturated carbocycles. The number of benzene rings is 1. The Morgan fingerprint density at radius 2 is 1.94 bits per heavy atom. The monoisotopic (exact) mass is 221 g/mol. The first-order valence-electron chi connectivity index (χ1n) is 5.67. The number of carbonyl (C=O) groups excluding carboxylic acids is 1. The van der Waals surface area contributed by atoms with Gasteiger partial charge in [0.25, 0.3) is 0 Å². The van der Waals surface area contributed by atoms with Crippen LogP contribution in [-0.4, -0.2) is 12.1 Å². The van der Waals surface area contributed by atoms with Crippen LogP contribution in [0.1, 0.15) is 27.2 Å². The van der Waals surface area contributed by atoms with Gasteiger partial charge in [-0.1, -0.05) is 39.0 Å². The summed E-state index contributed by atoms with van der Waals surface area (Å²) in [5, 5.41) is 2.85. The van der Waals surface area contributed by atoms with Gasteiger partial charge in [0.2, 0.25) is 0 Å². The molecule has 1 rings (SSSR count). The maximum atomic E-state index is 11.6. The first kappa shape index (κ1) is 12.6. The van der Waals surface area contributed by atoms with Crippen molar-refractivity contribution in [3.05, 3.63) is 30.3 Å². The molecule has 0 aliphatic heterocycles. The molecule has 1 N–H and O–H groups in total. The van der Waals surface area contributed by atoms with E-state index in [2.05, 4.69) is 19.2 Å². The fourth-order valence-electron chi connectivity index (χ4n) is 1.52. The standard InChI is InChI=1S/C13H19NO2/c1-4-12(10(2)3)14-13(15)16-11-8-6-5-7-9-11/h5-10,12H,4H2,1-3H3,(H,14,15). The molecule has 1 aromatic rings. The quantitative estimate of drug-likeness (QED) is 0.847. The van der Waals surface area contributed by atoms with E-state index in [-0.39, 0.29) is 12.1 Å². The second kappa shape index (κ2) is 6.16. The molecular formula is C13H19NO2. The van der Waals surface area contributed by atoms with Crippen LogP contribution in [-0.2, 0) is 0 Å². The Morgan fingerprint density at radius 3 is 2.44 bits per heavy atom. The number of amides is 1. The van der Waals surface area contributed by atoms with Crippen LogP contribution >= 0.6 is 0 Å². The lowest BCUT2D eigenvalue weighted by Gasteiger charge is -2.20. The predicted molar refractivity (Wildman–Crippen MR) is 64.5 cm³/mol. The van der Waals surface area contributed by atoms with E-state index in [0.717, 1.165) is 6.42 Å². The fraction of sp³-hybridized carbons (Fsp3) is 0.462. The molecule has 0 aliphatic rings. The van der Waals surface area contributed by atoms with Crippen molar-refractivity contribution >= 4 is 6.09 Å². The molecule has 1 aromatic carbocycles. The van der Waals surface area contributed by atoms with Gasteiger partial charge in [0.1, 0.15) is 5.75 Å². The van der Waals surface area contributed by atoms with Crippen molar-refractivity contribution < 1.29 is 9.53 Å². The van der Waals surface area contributed by atoms with Gasteiger partial charge >= 0.3 is 6.09 Å². The topological polar surface area (TPSA) is 38.3 Å². The van der Waals surface area contributed by atoms with Gasteiger partial charge in [-0.05, 0) is 24.5 Å². The molecule has 0 fully saturated rings. The summed E-state index contributed by atoms with van der Waals surface area (Å²) < 4.78 is 5.15. The largest absolute Gasteiger partial charge is 0.412 e. The Bertz CT molecular complexity index is 322. The lowest BCUT2D eigenvalue weighted by molar-refractivity contribution is 0.191. The third-order valence-electron chi connectivity index (χ3n) is 2.50. The minimum Gasteiger partial charge on any atom is -0.410 e. The van der Waals surface area contributed by atoms with Gasteiger partial charge in [-0.2, -0.15) is 0 Å². The molecule has 3 heteroatoms. The smallest absolute Gasteiger partial charge is 0.410 e. The van der Waals surface area contributed by atoms with Gasteiger partial charge in [0, 0.05) is 6.04 Å². The number of hydrogen-bond acceptors (Lipinski definition) is 2. The van der Waals surface area contributed by atoms with Gasteiger partial charge in [0.15, 0.2) is 0 Å². The third kappa shape index (κ3) is 3.93. The van der Waals surface area contributed by atoms with Gasteiger partial charge in [-0.25, -0.2) is 4.79 Å². The molecule has 0 heterocycles. The maximum Gasteiger partial charge on any atom is 0.412 e. The summed E-state index contributed by atoms with van der Waals surface area (Å²) in [5.41, 5.74) is 0. The van der Waals surface area contributed by atoms with Crippen molar-refractivity contribution in [1.29, 1.82) is 0 Å². The molecule has 1 atom stereocenters. The lowest BCUT2D eigenvalue weighted by Crippen LogP contribution is -2.39. The number of nitrogens with one attached hydrogen (secondary N) is 1. The highest BCUT2D eigenvalue weighted by Gasteiger charge is 2.14. The van der Waals surface area contributed by atoms with Gasteiger partial charge in [-0.3, -0.25) is 0 Å². The van der Waals surface area contributed by atoms with Crippen LogP contribution in [0.25, 0.3) is 0 Å². The van der Waals surface area contributed by atoms with Crippen LogP contribution in [0.5, 0.6) is 5.75 Å². The predicted octanol–water partition coefficient (Wildman–Crippen LogP) is 3.21. The number of rotatable bonds is 4. The zero-order valence-electron chi connectivity index (χ0n) is 10.1. The molecule has 0 radical (unpaired) electrons. The number of para-hydroxylation sites is 1. The highest BCUT2D eigenvalue weighted by molar-refractivity contribution is 5.70. The van der Waals surface area contributed by atoms with E-state index in [1.807, 2.05) is 25.1 Å². The minimum atomic E-state index is -0.383. The highest BCUT2D eigenvalue weighted by atomic mass is 16.6. The maximum absolute atomic E-state index is 11.6. The molecule has 0 saturated heterocycles. The Hall–Kier alpha value is -1.51. The first-order valence-corrected chi connectivity index (χ1v) is 5.67. The molecule has 16 heavy (non-hydrogen) atoms. The van der Waals surface area contributed by atoms with E-state index < -0.39 is 0 Å². The van der Waals surface area contributed by atoms with Crippen LogP contribution in [0.4, 0.5) is 4.79 Å². The number of carbonyl (C=O) groups is 1. The summed E-state index contributed by atoms with van der Waals surface area (Å²) in [7, 11) is 0. The van der Waals surface area contributed by atoms with Crippen LogP contribution in [0.2, 0.25) is 0 Å². The summed E-state index contributed by atoms with van der Waals surface area (Å²) in [6.45, 7) is 6.21. The second-order valence-corrected chi connectivity index (χ2v) is 4.11. The van der Waals surface area contributed by atoms with Gasteiger partial charge < -0.3 is 10.1 Å². The fourth-order valence-corrected chi connectivity index (χ4v) is 1.52. The zero-order chi connectivity index (χ0) is 12.0. The molecule has 1 unspecified atom stereocenters. The summed E-state index contributed by atoms with van der Waals surface area (Å²) in [4.78, 5) is 11.6. The van der Waals surface area contributed by atoms with Crippen molar-refractivity contribution in [1.82, 2.24) is 5.32 Å². The number of ether oxygens (including phenoxy) is 1. The Labute approximate surface area is 96.8 Å². The summed E-state index contributed by atoms with van der Waals surface area (Å²) in [6, 6.07) is 9.24. The lowest BCUT2D eigenvalue weighted by atomic mass is 10.0. The van der Waals surface area contributed by atoms with E-state index >= 15 is 0 Å². The van der Waals surface area contributed by atoms with E-state index in [4.69, 9.17) is 4.74 Å². The average molecular weight is 221 g/mol. The molecule has 1 amide bonds. The van der Waals surface area contributed by atoms with Gasteiger partial charge in [-0.15, -0.1) is 0 Å². The average Bonchev–Trinajstić information content (AvgIpc) is 2.27. The van der Waals surface area contributed by atoms with Crippen LogP contribution in [0.3, 0.4) is 0 Å². The number of hydrogen-bond donors (Lipinski definition) is 1. The normalized spacial score (nSPS) is 12.2. The molecule has 0 bridgehead atoms. The molecular weight excluding hydrogens is 202 g/mol. The minimum absolute atomic E-state index is 0.163. The second-order valence-electron chi connectivity index (χ2n) is 4.11. The van der Waals surface area contributed by atoms with E-state index in [9.17, 15) is 4.79 Å². The van der Waals surface area contributed by atoms with Crippen LogP contribution < -0.4 is 10.1 Å². The Kier molecular flexibility index (Phi) is 4.83. The Morgan fingerprint density at radius 1 is 1.31 bits per heavy atom. The van der Waals surface area contributed by atoms with E-state index in [0.29, 0.717) is 11.7 Å². The highest BCUT2D eigenvalue weighted by Crippen LogP contribution is 2.10. The third-order valence-corrected chi connectivity index (χ3v) is 2.50. The van der Waals surface area contributed by atoms with Crippen LogP contribution in [0.15, 0.2) is 30.3 Å². The zero-order valence-corrected chi connectivity index (χ0v) is 10.1. The van der Waals surface area contributed by atoms with E-state index in [1.165, 1.54) is 0 Å². The molecule has 0 spiro atoms. The summed E-state index contributed by atoms with van der Waals surface area (Å²) >= 11 is 0. The van der Waals surface area contributed by atoms with Crippen molar-refractivity contribution in [2.24, 2.45) is 5.92 Å². The first-order chi connectivity index (χ1) is 7.63. The Balaban J connectivity index is 2.47. The SMILES string of the molecule is CCC(NC(=O)Oc1ccccc1)C(C)C. The molecule has 0 aromatic heterocycles. The van der Waals surface area contributed by atoms with Crippen LogP contribution in [0, 0.1) is 5.92 Å². The van der Waals surface area contributed by atoms with Gasteiger partial charge in [0.05, 0.1) is 0 Å². The van der Waals surface area contributed by atoms with E-state index in [1.54, 1.807) is 12.1 Å². The van der Waals surface area contributed by atoms with Crippen molar-refractivity contribution in [3.8, 4) is 5.75 Å². The van der Waals surface area contributed by atoms with Crippen molar-refractivity contribution in [3.63, 3.8) is 0 Å². The molecule has 0 aliphatic carbocycles. The molecule has 3 nitrogen and oxygen atoms in total. The summed E-state index contributed by atoms with van der Waals surface area (Å²) in [6.07, 6.45) is 0.522. The van der Waals surface area contributed by atoms with Crippen molar-refractivity contribution in [2.75, 3.05) is 0 Å².